The molecule has 5 heteroatoms. The number of benzene rings is 1. The van der Waals surface area contributed by atoms with Crippen molar-refractivity contribution in [3.05, 3.63) is 29.8 Å². The maximum absolute atomic E-state index is 15.2. The SMILES string of the molecule is CC(C)[C@@H]1CC[C@@H](C)C[C@]12Cc1ccccc1S(=O)(=O)N2F. The van der Waals surface area contributed by atoms with Crippen molar-refractivity contribution >= 4 is 10.0 Å². The Labute approximate surface area is 132 Å². The Kier molecular flexibility index (Phi) is 3.84. The fourth-order valence-corrected chi connectivity index (χ4v) is 6.22. The van der Waals surface area contributed by atoms with Crippen LogP contribution in [0.3, 0.4) is 0 Å². The number of hydrogen-bond acceptors (Lipinski definition) is 2. The van der Waals surface area contributed by atoms with Gasteiger partial charge in [-0.05, 0) is 53.2 Å². The van der Waals surface area contributed by atoms with Crippen LogP contribution >= 0.6 is 0 Å². The van der Waals surface area contributed by atoms with Crippen molar-refractivity contribution in [2.45, 2.75) is 56.9 Å². The van der Waals surface area contributed by atoms with Gasteiger partial charge in [-0.1, -0.05) is 45.4 Å². The van der Waals surface area contributed by atoms with Gasteiger partial charge >= 0.3 is 0 Å². The second-order valence-electron chi connectivity index (χ2n) is 7.35. The van der Waals surface area contributed by atoms with Crippen LogP contribution in [-0.4, -0.2) is 18.5 Å². The zero-order chi connectivity index (χ0) is 16.1. The predicted molar refractivity (Wildman–Crippen MR) is 84.4 cm³/mol. The molecule has 0 bridgehead atoms. The third kappa shape index (κ3) is 2.21. The number of nitrogens with zero attached hydrogens (tertiary/aromatic N) is 1. The van der Waals surface area contributed by atoms with Crippen molar-refractivity contribution in [3.8, 4) is 0 Å². The van der Waals surface area contributed by atoms with Crippen LogP contribution in [0.15, 0.2) is 29.2 Å². The van der Waals surface area contributed by atoms with Gasteiger partial charge in [0, 0.05) is 0 Å². The van der Waals surface area contributed by atoms with Crippen LogP contribution in [0, 0.1) is 17.8 Å². The minimum absolute atomic E-state index is 0.0526. The second kappa shape index (κ2) is 5.31. The second-order valence-corrected chi connectivity index (χ2v) is 9.06. The molecule has 3 atom stereocenters. The molecule has 1 aliphatic heterocycles. The number of fused-ring (bicyclic) bond motifs is 1. The van der Waals surface area contributed by atoms with Gasteiger partial charge in [-0.3, -0.25) is 0 Å². The highest BCUT2D eigenvalue weighted by Gasteiger charge is 2.56. The van der Waals surface area contributed by atoms with E-state index in [9.17, 15) is 8.42 Å². The van der Waals surface area contributed by atoms with E-state index in [1.165, 1.54) is 6.07 Å². The monoisotopic (exact) mass is 325 g/mol. The summed E-state index contributed by atoms with van der Waals surface area (Å²) in [5, 5.41) is 0. The molecule has 1 fully saturated rings. The smallest absolute Gasteiger partial charge is 0.205 e. The highest BCUT2D eigenvalue weighted by molar-refractivity contribution is 7.89. The molecule has 22 heavy (non-hydrogen) atoms. The third-order valence-electron chi connectivity index (χ3n) is 5.48. The molecule has 0 amide bonds. The van der Waals surface area contributed by atoms with Gasteiger partial charge in [-0.25, -0.2) is 8.42 Å². The number of halogens is 1. The first-order chi connectivity index (χ1) is 10.3. The quantitative estimate of drug-likeness (QED) is 0.733. The molecule has 0 saturated heterocycles. The zero-order valence-electron chi connectivity index (χ0n) is 13.4. The lowest BCUT2D eigenvalue weighted by Gasteiger charge is -2.52. The molecule has 3 rings (SSSR count). The summed E-state index contributed by atoms with van der Waals surface area (Å²) in [6.45, 7) is 6.24. The molecule has 0 radical (unpaired) electrons. The lowest BCUT2D eigenvalue weighted by Crippen LogP contribution is -2.60. The number of sulfonamides is 1. The summed E-state index contributed by atoms with van der Waals surface area (Å²) in [5.41, 5.74) is -0.157. The average molecular weight is 325 g/mol. The Morgan fingerprint density at radius 1 is 1.27 bits per heavy atom. The van der Waals surface area contributed by atoms with Gasteiger partial charge in [0.15, 0.2) is 0 Å². The maximum Gasteiger partial charge on any atom is 0.269 e. The molecule has 0 unspecified atom stereocenters. The van der Waals surface area contributed by atoms with Crippen LogP contribution in [0.1, 0.15) is 45.6 Å². The molecule has 1 aromatic rings. The standard InChI is InChI=1S/C17H24FNO2S/c1-12(2)15-9-8-13(3)10-17(15)11-14-6-4-5-7-16(14)22(20,21)19(17)18/h4-7,12-13,15H,8-11H2,1-3H3/t13-,15+,17+/m1/s1. The van der Waals surface area contributed by atoms with E-state index < -0.39 is 15.6 Å². The van der Waals surface area contributed by atoms with E-state index in [1.807, 2.05) is 12.1 Å². The van der Waals surface area contributed by atoms with Crippen molar-refractivity contribution in [1.82, 2.24) is 4.53 Å². The predicted octanol–water partition coefficient (Wildman–Crippen LogP) is 3.95. The fraction of sp³-hybridized carbons (Fsp3) is 0.647. The van der Waals surface area contributed by atoms with E-state index in [-0.39, 0.29) is 21.3 Å². The summed E-state index contributed by atoms with van der Waals surface area (Å²) >= 11 is 0. The Morgan fingerprint density at radius 2 is 1.95 bits per heavy atom. The molecule has 0 N–H and O–H groups in total. The summed E-state index contributed by atoms with van der Waals surface area (Å²) in [5.74, 6) is 0.650. The summed E-state index contributed by atoms with van der Waals surface area (Å²) in [6, 6.07) is 6.84. The zero-order valence-corrected chi connectivity index (χ0v) is 14.2. The van der Waals surface area contributed by atoms with Crippen LogP contribution < -0.4 is 0 Å². The van der Waals surface area contributed by atoms with E-state index in [4.69, 9.17) is 0 Å². The minimum Gasteiger partial charge on any atom is -0.205 e. The van der Waals surface area contributed by atoms with Crippen molar-refractivity contribution in [3.63, 3.8) is 0 Å². The van der Waals surface area contributed by atoms with Gasteiger partial charge in [0.1, 0.15) is 0 Å². The summed E-state index contributed by atoms with van der Waals surface area (Å²) < 4.78 is 40.8. The molecular weight excluding hydrogens is 301 g/mol. The Bertz CT molecular complexity index is 673. The van der Waals surface area contributed by atoms with Gasteiger partial charge in [0.05, 0.1) is 10.4 Å². The topological polar surface area (TPSA) is 37.4 Å². The first-order valence-electron chi connectivity index (χ1n) is 8.08. The summed E-state index contributed by atoms with van der Waals surface area (Å²) in [4.78, 5) is 0.129. The van der Waals surface area contributed by atoms with Gasteiger partial charge in [0.2, 0.25) is 0 Å². The third-order valence-corrected chi connectivity index (χ3v) is 7.22. The molecule has 1 aliphatic carbocycles. The van der Waals surface area contributed by atoms with Gasteiger partial charge in [-0.15, -0.1) is 4.48 Å². The van der Waals surface area contributed by atoms with Gasteiger partial charge < -0.3 is 0 Å². The average Bonchev–Trinajstić information content (AvgIpc) is 2.45. The molecule has 1 aromatic carbocycles. The van der Waals surface area contributed by atoms with Crippen LogP contribution in [0.5, 0.6) is 0 Å². The highest BCUT2D eigenvalue weighted by Crippen LogP contribution is 2.51. The molecular formula is C17H24FNO2S. The lowest BCUT2D eigenvalue weighted by atomic mass is 9.63. The number of hydrogen-bond donors (Lipinski definition) is 0. The van der Waals surface area contributed by atoms with Crippen molar-refractivity contribution < 1.29 is 12.9 Å². The normalized spacial score (nSPS) is 34.8. The van der Waals surface area contributed by atoms with Crippen molar-refractivity contribution in [1.29, 1.82) is 0 Å². The van der Waals surface area contributed by atoms with Gasteiger partial charge in [-0.2, -0.15) is 0 Å². The van der Waals surface area contributed by atoms with Crippen LogP contribution in [-0.2, 0) is 16.4 Å². The molecule has 3 nitrogen and oxygen atoms in total. The van der Waals surface area contributed by atoms with Crippen LogP contribution in [0.4, 0.5) is 4.48 Å². The first-order valence-corrected chi connectivity index (χ1v) is 9.52. The number of rotatable bonds is 1. The van der Waals surface area contributed by atoms with Gasteiger partial charge in [0.25, 0.3) is 10.0 Å². The van der Waals surface area contributed by atoms with E-state index >= 15 is 4.48 Å². The first kappa shape index (κ1) is 15.9. The van der Waals surface area contributed by atoms with Crippen LogP contribution in [0.25, 0.3) is 0 Å². The molecule has 1 heterocycles. The Morgan fingerprint density at radius 3 is 2.64 bits per heavy atom. The minimum atomic E-state index is -4.05. The fourth-order valence-electron chi connectivity index (χ4n) is 4.57. The van der Waals surface area contributed by atoms with E-state index in [0.717, 1.165) is 18.4 Å². The van der Waals surface area contributed by atoms with E-state index in [1.54, 1.807) is 6.07 Å². The largest absolute Gasteiger partial charge is 0.269 e. The van der Waals surface area contributed by atoms with Crippen molar-refractivity contribution in [2.24, 2.45) is 17.8 Å². The Balaban J connectivity index is 2.18. The van der Waals surface area contributed by atoms with E-state index in [2.05, 4.69) is 20.8 Å². The molecule has 1 saturated carbocycles. The molecule has 122 valence electrons. The maximum atomic E-state index is 15.2. The molecule has 0 aromatic heterocycles. The highest BCUT2D eigenvalue weighted by atomic mass is 32.2. The lowest BCUT2D eigenvalue weighted by molar-refractivity contribution is -0.0827. The summed E-state index contributed by atoms with van der Waals surface area (Å²) in [7, 11) is -4.05. The summed E-state index contributed by atoms with van der Waals surface area (Å²) in [6.07, 6.45) is 3.00. The van der Waals surface area contributed by atoms with E-state index in [0.29, 0.717) is 18.8 Å². The molecule has 1 spiro atoms. The molecule has 2 aliphatic rings. The van der Waals surface area contributed by atoms with Crippen LogP contribution in [0.2, 0.25) is 0 Å². The Hall–Kier alpha value is -0.940. The van der Waals surface area contributed by atoms with Crippen molar-refractivity contribution in [2.75, 3.05) is 0 Å².